The summed E-state index contributed by atoms with van der Waals surface area (Å²) in [4.78, 5) is 12.6. The molecule has 0 heterocycles. The molecule has 0 radical (unpaired) electrons. The predicted octanol–water partition coefficient (Wildman–Crippen LogP) is 1.74. The van der Waals surface area contributed by atoms with Gasteiger partial charge < -0.3 is 10.8 Å². The van der Waals surface area contributed by atoms with Gasteiger partial charge in [0.1, 0.15) is 6.04 Å². The Balaban J connectivity index is 2.66. The molecule has 0 aromatic heterocycles. The normalized spacial score (nSPS) is 14.6. The third kappa shape index (κ3) is 4.00. The van der Waals surface area contributed by atoms with Gasteiger partial charge in [-0.05, 0) is 31.7 Å². The van der Waals surface area contributed by atoms with E-state index >= 15 is 0 Å². The van der Waals surface area contributed by atoms with Crippen molar-refractivity contribution < 1.29 is 9.90 Å². The molecule has 94 valence electrons. The highest BCUT2D eigenvalue weighted by Gasteiger charge is 2.18. The van der Waals surface area contributed by atoms with E-state index in [-0.39, 0.29) is 6.04 Å². The molecular formula is C12H17ClN2O2. The van der Waals surface area contributed by atoms with Crippen molar-refractivity contribution in [3.63, 3.8) is 0 Å². The van der Waals surface area contributed by atoms with Crippen molar-refractivity contribution in [1.29, 1.82) is 0 Å². The Bertz CT molecular complexity index is 381. The summed E-state index contributed by atoms with van der Waals surface area (Å²) in [5, 5.41) is 9.44. The van der Waals surface area contributed by atoms with Gasteiger partial charge in [-0.25, -0.2) is 0 Å². The molecule has 0 fully saturated rings. The summed E-state index contributed by atoms with van der Waals surface area (Å²) in [6, 6.07) is 6.72. The van der Waals surface area contributed by atoms with E-state index in [0.29, 0.717) is 11.6 Å². The molecule has 1 aromatic rings. The first kappa shape index (κ1) is 14.0. The second-order valence-electron chi connectivity index (χ2n) is 4.11. The smallest absolute Gasteiger partial charge is 0.321 e. The number of nitrogens with two attached hydrogens (primary N) is 1. The molecule has 0 spiro atoms. The van der Waals surface area contributed by atoms with Crippen LogP contribution in [0.15, 0.2) is 24.3 Å². The summed E-state index contributed by atoms with van der Waals surface area (Å²) in [6.45, 7) is 2.30. The number of likely N-dealkylation sites (N-methyl/N-ethyl adjacent to an activating group) is 1. The lowest BCUT2D eigenvalue weighted by atomic mass is 10.1. The molecular weight excluding hydrogens is 240 g/mol. The van der Waals surface area contributed by atoms with Gasteiger partial charge in [0.15, 0.2) is 0 Å². The molecule has 0 aliphatic carbocycles. The Morgan fingerprint density at radius 2 is 2.00 bits per heavy atom. The monoisotopic (exact) mass is 256 g/mol. The molecule has 0 saturated heterocycles. The maximum absolute atomic E-state index is 10.7. The largest absolute Gasteiger partial charge is 0.480 e. The summed E-state index contributed by atoms with van der Waals surface area (Å²) in [5.41, 5.74) is 6.57. The molecule has 0 saturated carbocycles. The number of benzene rings is 1. The Morgan fingerprint density at radius 3 is 2.47 bits per heavy atom. The second kappa shape index (κ2) is 6.00. The molecule has 0 bridgehead atoms. The molecule has 2 unspecified atom stereocenters. The third-order valence-corrected chi connectivity index (χ3v) is 3.07. The first-order valence-corrected chi connectivity index (χ1v) is 5.73. The van der Waals surface area contributed by atoms with Crippen LogP contribution in [-0.2, 0) is 4.79 Å². The van der Waals surface area contributed by atoms with Crippen molar-refractivity contribution in [2.24, 2.45) is 5.73 Å². The number of nitrogens with zero attached hydrogens (tertiary/aromatic N) is 1. The minimum atomic E-state index is -0.986. The Kier molecular flexibility index (Phi) is 4.93. The number of carboxylic acid groups (broad SMARTS) is 1. The zero-order valence-corrected chi connectivity index (χ0v) is 10.7. The Hall–Kier alpha value is -1.10. The quantitative estimate of drug-likeness (QED) is 0.842. The van der Waals surface area contributed by atoms with Gasteiger partial charge in [-0.2, -0.15) is 0 Å². The number of halogens is 1. The van der Waals surface area contributed by atoms with Crippen molar-refractivity contribution in [1.82, 2.24) is 4.90 Å². The number of hydrogen-bond donors (Lipinski definition) is 2. The molecule has 3 N–H and O–H groups in total. The lowest BCUT2D eigenvalue weighted by Gasteiger charge is -2.26. The van der Waals surface area contributed by atoms with Crippen LogP contribution in [0, 0.1) is 0 Å². The fraction of sp³-hybridized carbons (Fsp3) is 0.417. The summed E-state index contributed by atoms with van der Waals surface area (Å²) in [7, 11) is 1.85. The lowest BCUT2D eigenvalue weighted by molar-refractivity contribution is -0.139. The standard InChI is InChI=1S/C12H17ClN2O2/c1-8(9-3-5-10(13)6-4-9)15(2)7-11(14)12(16)17/h3-6,8,11H,7,14H2,1-2H3,(H,16,17). The summed E-state index contributed by atoms with van der Waals surface area (Å²) >= 11 is 5.81. The molecule has 17 heavy (non-hydrogen) atoms. The highest BCUT2D eigenvalue weighted by molar-refractivity contribution is 6.30. The minimum Gasteiger partial charge on any atom is -0.480 e. The van der Waals surface area contributed by atoms with Crippen molar-refractivity contribution in [3.05, 3.63) is 34.9 Å². The van der Waals surface area contributed by atoms with Gasteiger partial charge in [-0.15, -0.1) is 0 Å². The van der Waals surface area contributed by atoms with Crippen LogP contribution in [0.3, 0.4) is 0 Å². The Morgan fingerprint density at radius 1 is 1.47 bits per heavy atom. The van der Waals surface area contributed by atoms with Gasteiger partial charge in [0.25, 0.3) is 0 Å². The van der Waals surface area contributed by atoms with E-state index in [2.05, 4.69) is 0 Å². The number of rotatable bonds is 5. The summed E-state index contributed by atoms with van der Waals surface area (Å²) < 4.78 is 0. The molecule has 1 aromatic carbocycles. The fourth-order valence-corrected chi connectivity index (χ4v) is 1.67. The first-order valence-electron chi connectivity index (χ1n) is 5.36. The van der Waals surface area contributed by atoms with Crippen molar-refractivity contribution >= 4 is 17.6 Å². The number of aliphatic carboxylic acids is 1. The van der Waals surface area contributed by atoms with E-state index in [9.17, 15) is 4.79 Å². The number of hydrogen-bond acceptors (Lipinski definition) is 3. The van der Waals surface area contributed by atoms with E-state index in [0.717, 1.165) is 5.56 Å². The zero-order valence-electron chi connectivity index (χ0n) is 9.93. The van der Waals surface area contributed by atoms with Crippen LogP contribution in [0.5, 0.6) is 0 Å². The molecule has 5 heteroatoms. The molecule has 0 aliphatic rings. The predicted molar refractivity (Wildman–Crippen MR) is 68.1 cm³/mol. The van der Waals surface area contributed by atoms with Crippen LogP contribution in [0.4, 0.5) is 0 Å². The van der Waals surface area contributed by atoms with E-state index in [1.165, 1.54) is 0 Å². The van der Waals surface area contributed by atoms with Gasteiger partial charge in [0, 0.05) is 17.6 Å². The molecule has 4 nitrogen and oxygen atoms in total. The van der Waals surface area contributed by atoms with Gasteiger partial charge >= 0.3 is 5.97 Å². The van der Waals surface area contributed by atoms with Crippen LogP contribution < -0.4 is 5.73 Å². The molecule has 0 amide bonds. The highest BCUT2D eigenvalue weighted by Crippen LogP contribution is 2.20. The van der Waals surface area contributed by atoms with Crippen molar-refractivity contribution in [3.8, 4) is 0 Å². The summed E-state index contributed by atoms with van der Waals surface area (Å²) in [5.74, 6) is -0.986. The SMILES string of the molecule is CC(c1ccc(Cl)cc1)N(C)CC(N)C(=O)O. The van der Waals surface area contributed by atoms with E-state index in [1.54, 1.807) is 0 Å². The maximum Gasteiger partial charge on any atom is 0.321 e. The topological polar surface area (TPSA) is 66.6 Å². The molecule has 1 rings (SSSR count). The highest BCUT2D eigenvalue weighted by atomic mass is 35.5. The summed E-state index contributed by atoms with van der Waals surface area (Å²) in [6.07, 6.45) is 0. The number of carboxylic acids is 1. The van der Waals surface area contributed by atoms with Gasteiger partial charge in [-0.1, -0.05) is 23.7 Å². The number of carbonyl (C=O) groups is 1. The van der Waals surface area contributed by atoms with Crippen LogP contribution in [0.2, 0.25) is 5.02 Å². The third-order valence-electron chi connectivity index (χ3n) is 2.82. The maximum atomic E-state index is 10.7. The van der Waals surface area contributed by atoms with E-state index in [1.807, 2.05) is 43.1 Å². The van der Waals surface area contributed by atoms with Gasteiger partial charge in [-0.3, -0.25) is 9.69 Å². The molecule has 0 aliphatic heterocycles. The second-order valence-corrected chi connectivity index (χ2v) is 4.55. The van der Waals surface area contributed by atoms with Crippen LogP contribution in [-0.4, -0.2) is 35.6 Å². The van der Waals surface area contributed by atoms with Crippen LogP contribution in [0.25, 0.3) is 0 Å². The van der Waals surface area contributed by atoms with Crippen molar-refractivity contribution in [2.75, 3.05) is 13.6 Å². The Labute approximate surface area is 106 Å². The van der Waals surface area contributed by atoms with E-state index in [4.69, 9.17) is 22.4 Å². The fourth-order valence-electron chi connectivity index (χ4n) is 1.54. The zero-order chi connectivity index (χ0) is 13.0. The average molecular weight is 257 g/mol. The van der Waals surface area contributed by atoms with Crippen LogP contribution in [0.1, 0.15) is 18.5 Å². The van der Waals surface area contributed by atoms with Gasteiger partial charge in [0.2, 0.25) is 0 Å². The van der Waals surface area contributed by atoms with Crippen LogP contribution >= 0.6 is 11.6 Å². The van der Waals surface area contributed by atoms with E-state index < -0.39 is 12.0 Å². The van der Waals surface area contributed by atoms with Gasteiger partial charge in [0.05, 0.1) is 0 Å². The average Bonchev–Trinajstić information content (AvgIpc) is 2.28. The first-order chi connectivity index (χ1) is 7.91. The minimum absolute atomic E-state index is 0.0951. The lowest BCUT2D eigenvalue weighted by Crippen LogP contribution is -2.41. The molecule has 2 atom stereocenters. The van der Waals surface area contributed by atoms with Crippen molar-refractivity contribution in [2.45, 2.75) is 19.0 Å².